The van der Waals surface area contributed by atoms with Crippen molar-refractivity contribution in [1.82, 2.24) is 24.8 Å². The number of aromatic amines is 1. The molecule has 1 atom stereocenters. The number of halogens is 1. The standard InChI is InChI=1S/C20H22ClN5/c21-17-6-4-16(5-7-17)20(19-3-1-2-8-23-19)26-11-9-25(10-12-26)14-18-13-22-15-24-18/h1-8,13,15,20H,9-12,14H2,(H,22,24). The minimum absolute atomic E-state index is 0.155. The smallest absolute Gasteiger partial charge is 0.0922 e. The average molecular weight is 368 g/mol. The van der Waals surface area contributed by atoms with Crippen LogP contribution in [-0.2, 0) is 6.54 Å². The molecule has 0 amide bonds. The number of hydrogen-bond acceptors (Lipinski definition) is 4. The lowest BCUT2D eigenvalue weighted by Crippen LogP contribution is -2.47. The number of pyridine rings is 1. The van der Waals surface area contributed by atoms with Crippen molar-refractivity contribution < 1.29 is 0 Å². The normalized spacial score (nSPS) is 17.3. The molecule has 1 unspecified atom stereocenters. The molecule has 1 aromatic carbocycles. The van der Waals surface area contributed by atoms with E-state index in [0.717, 1.165) is 49.1 Å². The van der Waals surface area contributed by atoms with Crippen LogP contribution in [0.3, 0.4) is 0 Å². The Balaban J connectivity index is 1.51. The zero-order valence-electron chi connectivity index (χ0n) is 14.6. The van der Waals surface area contributed by atoms with Crippen LogP contribution in [0, 0.1) is 0 Å². The second-order valence-corrected chi connectivity index (χ2v) is 7.03. The van der Waals surface area contributed by atoms with E-state index in [4.69, 9.17) is 11.6 Å². The van der Waals surface area contributed by atoms with Gasteiger partial charge in [0.2, 0.25) is 0 Å². The minimum atomic E-state index is 0.155. The van der Waals surface area contributed by atoms with Gasteiger partial charge in [-0.25, -0.2) is 4.98 Å². The van der Waals surface area contributed by atoms with Crippen LogP contribution in [0.4, 0.5) is 0 Å². The Bertz CT molecular complexity index is 796. The quantitative estimate of drug-likeness (QED) is 0.751. The molecular formula is C20H22ClN5. The van der Waals surface area contributed by atoms with E-state index in [9.17, 15) is 0 Å². The molecule has 1 aliphatic heterocycles. The number of H-pyrrole nitrogens is 1. The Morgan fingerprint density at radius 2 is 1.85 bits per heavy atom. The molecule has 3 aromatic rings. The van der Waals surface area contributed by atoms with Gasteiger partial charge >= 0.3 is 0 Å². The summed E-state index contributed by atoms with van der Waals surface area (Å²) in [6, 6.07) is 14.4. The van der Waals surface area contributed by atoms with Crippen LogP contribution in [0.1, 0.15) is 23.0 Å². The van der Waals surface area contributed by atoms with Crippen molar-refractivity contribution in [3.63, 3.8) is 0 Å². The molecule has 0 saturated carbocycles. The first-order chi connectivity index (χ1) is 12.8. The van der Waals surface area contributed by atoms with Crippen molar-refractivity contribution >= 4 is 11.6 Å². The van der Waals surface area contributed by atoms with Gasteiger partial charge in [0.25, 0.3) is 0 Å². The zero-order valence-corrected chi connectivity index (χ0v) is 15.3. The molecular weight excluding hydrogens is 346 g/mol. The van der Waals surface area contributed by atoms with Crippen LogP contribution in [0.2, 0.25) is 5.02 Å². The predicted octanol–water partition coefficient (Wildman–Crippen LogP) is 3.37. The Kier molecular flexibility index (Phi) is 5.29. The molecule has 0 aliphatic carbocycles. The number of aromatic nitrogens is 3. The van der Waals surface area contributed by atoms with Gasteiger partial charge in [-0.05, 0) is 29.8 Å². The molecule has 4 rings (SSSR count). The molecule has 3 heterocycles. The van der Waals surface area contributed by atoms with Gasteiger partial charge in [-0.2, -0.15) is 0 Å². The fourth-order valence-electron chi connectivity index (χ4n) is 3.54. The number of nitrogens with zero attached hydrogens (tertiary/aromatic N) is 4. The van der Waals surface area contributed by atoms with Crippen molar-refractivity contribution in [2.75, 3.05) is 26.2 Å². The van der Waals surface area contributed by atoms with Crippen molar-refractivity contribution in [2.24, 2.45) is 0 Å². The lowest BCUT2D eigenvalue weighted by atomic mass is 10.0. The third-order valence-corrected chi connectivity index (χ3v) is 5.13. The average Bonchev–Trinajstić information content (AvgIpc) is 3.19. The molecule has 6 heteroatoms. The topological polar surface area (TPSA) is 48.1 Å². The summed E-state index contributed by atoms with van der Waals surface area (Å²) in [5.41, 5.74) is 3.48. The Labute approximate surface area is 158 Å². The molecule has 1 saturated heterocycles. The van der Waals surface area contributed by atoms with E-state index in [2.05, 4.69) is 49.0 Å². The van der Waals surface area contributed by atoms with E-state index in [1.165, 1.54) is 5.56 Å². The Hall–Kier alpha value is -2.21. The van der Waals surface area contributed by atoms with Gasteiger partial charge in [-0.15, -0.1) is 0 Å². The van der Waals surface area contributed by atoms with Crippen molar-refractivity contribution in [2.45, 2.75) is 12.6 Å². The minimum Gasteiger partial charge on any atom is -0.347 e. The second-order valence-electron chi connectivity index (χ2n) is 6.60. The van der Waals surface area contributed by atoms with E-state index in [1.54, 1.807) is 6.33 Å². The highest BCUT2D eigenvalue weighted by Gasteiger charge is 2.27. The zero-order chi connectivity index (χ0) is 17.8. The highest BCUT2D eigenvalue weighted by atomic mass is 35.5. The summed E-state index contributed by atoms with van der Waals surface area (Å²) >= 11 is 6.09. The Morgan fingerprint density at radius 1 is 1.04 bits per heavy atom. The number of benzene rings is 1. The fourth-order valence-corrected chi connectivity index (χ4v) is 3.67. The molecule has 26 heavy (non-hydrogen) atoms. The van der Waals surface area contributed by atoms with Crippen LogP contribution in [-0.4, -0.2) is 50.9 Å². The maximum absolute atomic E-state index is 6.09. The van der Waals surface area contributed by atoms with Crippen LogP contribution < -0.4 is 0 Å². The van der Waals surface area contributed by atoms with Crippen LogP contribution in [0.25, 0.3) is 0 Å². The largest absolute Gasteiger partial charge is 0.347 e. The molecule has 2 aromatic heterocycles. The monoisotopic (exact) mass is 367 g/mol. The summed E-state index contributed by atoms with van der Waals surface area (Å²) in [5.74, 6) is 0. The van der Waals surface area contributed by atoms with Crippen LogP contribution >= 0.6 is 11.6 Å². The molecule has 1 fully saturated rings. The predicted molar refractivity (Wildman–Crippen MR) is 103 cm³/mol. The van der Waals surface area contributed by atoms with Crippen molar-refractivity contribution in [3.05, 3.63) is 83.2 Å². The van der Waals surface area contributed by atoms with E-state index in [-0.39, 0.29) is 6.04 Å². The maximum Gasteiger partial charge on any atom is 0.0922 e. The molecule has 1 aliphatic rings. The van der Waals surface area contributed by atoms with Gasteiger partial charge in [0.1, 0.15) is 0 Å². The SMILES string of the molecule is Clc1ccc(C(c2ccccn2)N2CCN(Cc3cnc[nH]3)CC2)cc1. The lowest BCUT2D eigenvalue weighted by molar-refractivity contribution is 0.103. The van der Waals surface area contributed by atoms with Crippen LogP contribution in [0.15, 0.2) is 61.2 Å². The summed E-state index contributed by atoms with van der Waals surface area (Å²) in [6.07, 6.45) is 5.51. The van der Waals surface area contributed by atoms with E-state index >= 15 is 0 Å². The highest BCUT2D eigenvalue weighted by Crippen LogP contribution is 2.29. The number of hydrogen-bond donors (Lipinski definition) is 1. The fraction of sp³-hybridized carbons (Fsp3) is 0.300. The van der Waals surface area contributed by atoms with Gasteiger partial charge in [-0.3, -0.25) is 14.8 Å². The third-order valence-electron chi connectivity index (χ3n) is 4.87. The number of nitrogens with one attached hydrogen (secondary N) is 1. The summed E-state index contributed by atoms with van der Waals surface area (Å²) in [7, 11) is 0. The van der Waals surface area contributed by atoms with Crippen molar-refractivity contribution in [1.29, 1.82) is 0 Å². The van der Waals surface area contributed by atoms with E-state index in [1.807, 2.05) is 30.6 Å². The van der Waals surface area contributed by atoms with Gasteiger partial charge in [0.15, 0.2) is 0 Å². The highest BCUT2D eigenvalue weighted by molar-refractivity contribution is 6.30. The lowest BCUT2D eigenvalue weighted by Gasteiger charge is -2.39. The summed E-state index contributed by atoms with van der Waals surface area (Å²) in [4.78, 5) is 16.9. The first kappa shape index (κ1) is 17.2. The van der Waals surface area contributed by atoms with E-state index in [0.29, 0.717) is 0 Å². The van der Waals surface area contributed by atoms with Gasteiger partial charge < -0.3 is 4.98 Å². The molecule has 134 valence electrons. The first-order valence-corrected chi connectivity index (χ1v) is 9.27. The number of rotatable bonds is 5. The van der Waals surface area contributed by atoms with E-state index < -0.39 is 0 Å². The Morgan fingerprint density at radius 3 is 2.50 bits per heavy atom. The number of piperazine rings is 1. The molecule has 0 radical (unpaired) electrons. The molecule has 0 spiro atoms. The third kappa shape index (κ3) is 3.96. The summed E-state index contributed by atoms with van der Waals surface area (Å²) in [5, 5.41) is 0.762. The summed E-state index contributed by atoms with van der Waals surface area (Å²) < 4.78 is 0. The molecule has 5 nitrogen and oxygen atoms in total. The number of imidazole rings is 1. The first-order valence-electron chi connectivity index (χ1n) is 8.89. The molecule has 0 bridgehead atoms. The van der Waals surface area contributed by atoms with Gasteiger partial charge in [0.05, 0.1) is 18.1 Å². The van der Waals surface area contributed by atoms with Gasteiger partial charge in [-0.1, -0.05) is 29.8 Å². The van der Waals surface area contributed by atoms with Crippen LogP contribution in [0.5, 0.6) is 0 Å². The van der Waals surface area contributed by atoms with Crippen molar-refractivity contribution in [3.8, 4) is 0 Å². The summed E-state index contributed by atoms with van der Waals surface area (Å²) in [6.45, 7) is 4.96. The maximum atomic E-state index is 6.09. The molecule has 1 N–H and O–H groups in total. The second kappa shape index (κ2) is 7.99. The van der Waals surface area contributed by atoms with Gasteiger partial charge in [0, 0.05) is 55.8 Å².